The molecule has 0 aromatic heterocycles. The number of rotatable bonds is 7. The molecule has 0 radical (unpaired) electrons. The summed E-state index contributed by atoms with van der Waals surface area (Å²) in [4.78, 5) is 2.02. The van der Waals surface area contributed by atoms with Crippen LogP contribution in [-0.2, 0) is 16.6 Å². The van der Waals surface area contributed by atoms with Crippen molar-refractivity contribution in [3.8, 4) is 5.75 Å². The summed E-state index contributed by atoms with van der Waals surface area (Å²) in [7, 11) is 2.15. The van der Waals surface area contributed by atoms with Crippen LogP contribution in [0, 0.1) is 0 Å². The van der Waals surface area contributed by atoms with Gasteiger partial charge in [-0.05, 0) is 38.2 Å². The molecule has 0 aliphatic carbocycles. The molecule has 5 nitrogen and oxygen atoms in total. The standard InChI is InChI=1S/C13H22N2O3S/c1-5-8-19(16,17)14-12-9-11(10-15(2)3)6-7-13(12)18-4/h6-7,9,14H,5,8,10H2,1-4H3. The van der Waals surface area contributed by atoms with Crippen molar-refractivity contribution in [3.63, 3.8) is 0 Å². The predicted molar refractivity (Wildman–Crippen MR) is 78.1 cm³/mol. The van der Waals surface area contributed by atoms with Crippen molar-refractivity contribution in [2.75, 3.05) is 31.7 Å². The Labute approximate surface area is 115 Å². The molecule has 1 aromatic carbocycles. The summed E-state index contributed by atoms with van der Waals surface area (Å²) < 4.78 is 31.4. The third-order valence-electron chi connectivity index (χ3n) is 2.50. The van der Waals surface area contributed by atoms with Crippen LogP contribution in [0.5, 0.6) is 5.75 Å². The van der Waals surface area contributed by atoms with Crippen molar-refractivity contribution in [1.29, 1.82) is 0 Å². The minimum absolute atomic E-state index is 0.105. The van der Waals surface area contributed by atoms with E-state index in [1.165, 1.54) is 7.11 Å². The minimum atomic E-state index is -3.31. The van der Waals surface area contributed by atoms with Gasteiger partial charge in [-0.3, -0.25) is 4.72 Å². The van der Waals surface area contributed by atoms with Crippen molar-refractivity contribution in [2.45, 2.75) is 19.9 Å². The number of nitrogens with one attached hydrogen (secondary N) is 1. The highest BCUT2D eigenvalue weighted by Gasteiger charge is 2.13. The molecule has 1 aromatic rings. The molecule has 0 unspecified atom stereocenters. The van der Waals surface area contributed by atoms with Crippen LogP contribution in [0.1, 0.15) is 18.9 Å². The molecule has 0 amide bonds. The highest BCUT2D eigenvalue weighted by molar-refractivity contribution is 7.92. The first-order valence-corrected chi connectivity index (χ1v) is 7.85. The average Bonchev–Trinajstić information content (AvgIpc) is 2.27. The predicted octanol–water partition coefficient (Wildman–Crippen LogP) is 1.91. The number of ether oxygens (including phenoxy) is 1. The molecule has 0 saturated carbocycles. The Morgan fingerprint density at radius 1 is 1.32 bits per heavy atom. The van der Waals surface area contributed by atoms with E-state index < -0.39 is 10.0 Å². The largest absolute Gasteiger partial charge is 0.495 e. The van der Waals surface area contributed by atoms with Gasteiger partial charge in [0.05, 0.1) is 18.6 Å². The van der Waals surface area contributed by atoms with Gasteiger partial charge in [0.1, 0.15) is 5.75 Å². The number of anilines is 1. The minimum Gasteiger partial charge on any atom is -0.495 e. The first-order valence-electron chi connectivity index (χ1n) is 6.20. The van der Waals surface area contributed by atoms with Crippen LogP contribution in [-0.4, -0.2) is 40.3 Å². The summed E-state index contributed by atoms with van der Waals surface area (Å²) in [5.41, 5.74) is 1.52. The zero-order chi connectivity index (χ0) is 14.5. The van der Waals surface area contributed by atoms with Crippen molar-refractivity contribution in [3.05, 3.63) is 23.8 Å². The quantitative estimate of drug-likeness (QED) is 0.832. The van der Waals surface area contributed by atoms with E-state index >= 15 is 0 Å². The molecule has 0 saturated heterocycles. The van der Waals surface area contributed by atoms with Gasteiger partial charge >= 0.3 is 0 Å². The lowest BCUT2D eigenvalue weighted by Crippen LogP contribution is -2.17. The van der Waals surface area contributed by atoms with E-state index in [0.717, 1.165) is 12.1 Å². The SMILES string of the molecule is CCCS(=O)(=O)Nc1cc(CN(C)C)ccc1OC. The van der Waals surface area contributed by atoms with Crippen LogP contribution < -0.4 is 9.46 Å². The fourth-order valence-corrected chi connectivity index (χ4v) is 2.92. The molecular weight excluding hydrogens is 264 g/mol. The fraction of sp³-hybridized carbons (Fsp3) is 0.538. The van der Waals surface area contributed by atoms with Crippen LogP contribution in [0.4, 0.5) is 5.69 Å². The summed E-state index contributed by atoms with van der Waals surface area (Å²) in [5.74, 6) is 0.635. The summed E-state index contributed by atoms with van der Waals surface area (Å²) >= 11 is 0. The molecule has 108 valence electrons. The average molecular weight is 286 g/mol. The smallest absolute Gasteiger partial charge is 0.232 e. The lowest BCUT2D eigenvalue weighted by atomic mass is 10.2. The number of hydrogen-bond acceptors (Lipinski definition) is 4. The first kappa shape index (κ1) is 15.8. The van der Waals surface area contributed by atoms with E-state index in [9.17, 15) is 8.42 Å². The van der Waals surface area contributed by atoms with Gasteiger partial charge in [-0.2, -0.15) is 0 Å². The molecule has 0 fully saturated rings. The Balaban J connectivity index is 3.02. The third-order valence-corrected chi connectivity index (χ3v) is 3.98. The Morgan fingerprint density at radius 2 is 2.00 bits per heavy atom. The fourth-order valence-electron chi connectivity index (χ4n) is 1.79. The third kappa shape index (κ3) is 5.08. The topological polar surface area (TPSA) is 58.6 Å². The zero-order valence-corrected chi connectivity index (χ0v) is 12.8. The van der Waals surface area contributed by atoms with Gasteiger partial charge in [0.2, 0.25) is 10.0 Å². The normalized spacial score (nSPS) is 11.6. The molecule has 0 aliphatic rings. The number of benzene rings is 1. The Hall–Kier alpha value is -1.27. The molecule has 0 atom stereocenters. The van der Waals surface area contributed by atoms with E-state index in [4.69, 9.17) is 4.74 Å². The van der Waals surface area contributed by atoms with E-state index in [-0.39, 0.29) is 5.75 Å². The van der Waals surface area contributed by atoms with Crippen molar-refractivity contribution in [2.24, 2.45) is 0 Å². The highest BCUT2D eigenvalue weighted by atomic mass is 32.2. The van der Waals surface area contributed by atoms with Gasteiger partial charge in [0.25, 0.3) is 0 Å². The molecule has 0 aliphatic heterocycles. The molecule has 19 heavy (non-hydrogen) atoms. The lowest BCUT2D eigenvalue weighted by Gasteiger charge is -2.15. The van der Waals surface area contributed by atoms with Crippen molar-refractivity contribution < 1.29 is 13.2 Å². The van der Waals surface area contributed by atoms with Crippen LogP contribution in [0.3, 0.4) is 0 Å². The number of hydrogen-bond donors (Lipinski definition) is 1. The van der Waals surface area contributed by atoms with E-state index in [0.29, 0.717) is 17.9 Å². The second-order valence-electron chi connectivity index (χ2n) is 4.69. The molecule has 6 heteroatoms. The van der Waals surface area contributed by atoms with Gasteiger partial charge in [0.15, 0.2) is 0 Å². The Bertz CT molecular complexity index is 513. The van der Waals surface area contributed by atoms with Gasteiger partial charge in [-0.25, -0.2) is 8.42 Å². The molecule has 1 rings (SSSR count). The summed E-state index contributed by atoms with van der Waals surface area (Å²) in [6.45, 7) is 2.57. The second kappa shape index (κ2) is 6.77. The molecule has 0 spiro atoms. The van der Waals surface area contributed by atoms with Crippen molar-refractivity contribution in [1.82, 2.24) is 4.90 Å². The Kier molecular flexibility index (Phi) is 5.62. The Morgan fingerprint density at radius 3 is 2.53 bits per heavy atom. The van der Waals surface area contributed by atoms with Gasteiger partial charge < -0.3 is 9.64 Å². The van der Waals surface area contributed by atoms with Crippen molar-refractivity contribution >= 4 is 15.7 Å². The number of sulfonamides is 1. The van der Waals surface area contributed by atoms with E-state index in [1.807, 2.05) is 38.1 Å². The van der Waals surface area contributed by atoms with Gasteiger partial charge in [-0.1, -0.05) is 13.0 Å². The number of methoxy groups -OCH3 is 1. The number of nitrogens with zero attached hydrogens (tertiary/aromatic N) is 1. The molecule has 1 N–H and O–H groups in total. The van der Waals surface area contributed by atoms with Crippen LogP contribution in [0.2, 0.25) is 0 Å². The zero-order valence-electron chi connectivity index (χ0n) is 11.9. The van der Waals surface area contributed by atoms with Crippen LogP contribution >= 0.6 is 0 Å². The summed E-state index contributed by atoms with van der Waals surface area (Å²) in [5, 5.41) is 0. The van der Waals surface area contributed by atoms with E-state index in [1.54, 1.807) is 6.07 Å². The molecule has 0 bridgehead atoms. The maximum absolute atomic E-state index is 11.8. The summed E-state index contributed by atoms with van der Waals surface area (Å²) in [6, 6.07) is 5.52. The molecular formula is C13H22N2O3S. The van der Waals surface area contributed by atoms with Crippen LogP contribution in [0.25, 0.3) is 0 Å². The van der Waals surface area contributed by atoms with Gasteiger partial charge in [0, 0.05) is 6.54 Å². The lowest BCUT2D eigenvalue weighted by molar-refractivity contribution is 0.400. The maximum Gasteiger partial charge on any atom is 0.232 e. The maximum atomic E-state index is 11.8. The monoisotopic (exact) mass is 286 g/mol. The summed E-state index contributed by atoms with van der Waals surface area (Å²) in [6.07, 6.45) is 0.578. The first-order chi connectivity index (χ1) is 8.88. The van der Waals surface area contributed by atoms with Gasteiger partial charge in [-0.15, -0.1) is 0 Å². The second-order valence-corrected chi connectivity index (χ2v) is 6.54. The molecule has 0 heterocycles. The van der Waals surface area contributed by atoms with Crippen LogP contribution in [0.15, 0.2) is 18.2 Å². The highest BCUT2D eigenvalue weighted by Crippen LogP contribution is 2.27. The van der Waals surface area contributed by atoms with E-state index in [2.05, 4.69) is 4.72 Å².